The van der Waals surface area contributed by atoms with Crippen LogP contribution in [-0.4, -0.2) is 29.6 Å². The first kappa shape index (κ1) is 12.4. The molecule has 0 rings (SSSR count). The molecule has 0 aliphatic heterocycles. The molecule has 1 heteroatoms. The van der Waals surface area contributed by atoms with Gasteiger partial charge in [-0.25, -0.2) is 0 Å². The summed E-state index contributed by atoms with van der Waals surface area (Å²) in [6.07, 6.45) is 5.58. The van der Waals surface area contributed by atoms with E-state index >= 15 is 0 Å². The minimum absolute atomic E-state index is 0. The van der Waals surface area contributed by atoms with Gasteiger partial charge in [0, 0.05) is 0 Å². The first-order chi connectivity index (χ1) is 3.62. The molecule has 0 aromatic heterocycles. The van der Waals surface area contributed by atoms with E-state index in [0.717, 1.165) is 0 Å². The molecule has 0 amide bonds. The third kappa shape index (κ3) is 6.63. The third-order valence-electron chi connectivity index (χ3n) is 1.53. The van der Waals surface area contributed by atoms with E-state index in [1.54, 1.807) is 0 Å². The molecular weight excluding hydrogens is 119 g/mol. The van der Waals surface area contributed by atoms with Crippen molar-refractivity contribution in [3.8, 4) is 0 Å². The van der Waals surface area contributed by atoms with Crippen LogP contribution in [0.2, 0.25) is 0 Å². The standard InChI is InChI=1S/C8H16.Na.H/c1-5-7-8(3,4)6-2;;/h5,7H,6H2,1-4H3;;. The van der Waals surface area contributed by atoms with Gasteiger partial charge in [0.1, 0.15) is 0 Å². The molecule has 50 valence electrons. The van der Waals surface area contributed by atoms with E-state index in [-0.39, 0.29) is 29.6 Å². The molecule has 0 fully saturated rings. The second-order valence-electron chi connectivity index (χ2n) is 2.84. The number of rotatable bonds is 2. The molecule has 0 aromatic carbocycles. The number of hydrogen-bond acceptors (Lipinski definition) is 0. The van der Waals surface area contributed by atoms with Crippen LogP contribution in [0.15, 0.2) is 12.2 Å². The van der Waals surface area contributed by atoms with Crippen molar-refractivity contribution in [3.05, 3.63) is 12.2 Å². The van der Waals surface area contributed by atoms with Crippen molar-refractivity contribution in [3.63, 3.8) is 0 Å². The zero-order chi connectivity index (χ0) is 6.62. The number of hydrogen-bond donors (Lipinski definition) is 0. The molecule has 0 aliphatic rings. The summed E-state index contributed by atoms with van der Waals surface area (Å²) < 4.78 is 0. The van der Waals surface area contributed by atoms with Crippen molar-refractivity contribution >= 4 is 29.6 Å². The molecule has 0 spiro atoms. The van der Waals surface area contributed by atoms with E-state index < -0.39 is 0 Å². The Bertz CT molecular complexity index is 82.6. The van der Waals surface area contributed by atoms with E-state index in [1.807, 2.05) is 0 Å². The van der Waals surface area contributed by atoms with Crippen molar-refractivity contribution in [2.75, 3.05) is 0 Å². The maximum absolute atomic E-state index is 2.24. The first-order valence-electron chi connectivity index (χ1n) is 3.26. The van der Waals surface area contributed by atoms with Crippen LogP contribution < -0.4 is 0 Å². The van der Waals surface area contributed by atoms with Gasteiger partial charge in [-0.05, 0) is 18.8 Å². The van der Waals surface area contributed by atoms with Gasteiger partial charge in [-0.1, -0.05) is 32.9 Å². The van der Waals surface area contributed by atoms with Crippen molar-refractivity contribution < 1.29 is 0 Å². The van der Waals surface area contributed by atoms with Gasteiger partial charge in [-0.15, -0.1) is 0 Å². The fourth-order valence-corrected chi connectivity index (χ4v) is 0.569. The Morgan fingerprint density at radius 1 is 1.33 bits per heavy atom. The summed E-state index contributed by atoms with van der Waals surface area (Å²) in [6, 6.07) is 0. The predicted molar refractivity (Wildman–Crippen MR) is 46.0 cm³/mol. The molecule has 0 aliphatic carbocycles. The number of allylic oxidation sites excluding steroid dienone is 2. The molecule has 0 atom stereocenters. The van der Waals surface area contributed by atoms with Gasteiger partial charge < -0.3 is 0 Å². The monoisotopic (exact) mass is 136 g/mol. The Kier molecular flexibility index (Phi) is 7.62. The first-order valence-corrected chi connectivity index (χ1v) is 3.26. The normalized spacial score (nSPS) is 11.6. The summed E-state index contributed by atoms with van der Waals surface area (Å²) in [4.78, 5) is 0. The van der Waals surface area contributed by atoms with Gasteiger partial charge in [0.25, 0.3) is 0 Å². The topological polar surface area (TPSA) is 0 Å². The summed E-state index contributed by atoms with van der Waals surface area (Å²) in [5, 5.41) is 0. The third-order valence-corrected chi connectivity index (χ3v) is 1.53. The molecule has 0 bridgehead atoms. The summed E-state index contributed by atoms with van der Waals surface area (Å²) in [5.41, 5.74) is 0.411. The van der Waals surface area contributed by atoms with Gasteiger partial charge >= 0.3 is 29.6 Å². The second-order valence-corrected chi connectivity index (χ2v) is 2.84. The van der Waals surface area contributed by atoms with Gasteiger partial charge in [0.15, 0.2) is 0 Å². The molecular formula is C8H17Na. The van der Waals surface area contributed by atoms with Crippen molar-refractivity contribution in [1.29, 1.82) is 0 Å². The Balaban J connectivity index is 0. The van der Waals surface area contributed by atoms with E-state index in [9.17, 15) is 0 Å². The molecule has 9 heavy (non-hydrogen) atoms. The van der Waals surface area contributed by atoms with Gasteiger partial charge in [-0.2, -0.15) is 0 Å². The SMILES string of the molecule is CC=CC(C)(C)CC.[NaH]. The summed E-state index contributed by atoms with van der Waals surface area (Å²) in [5.74, 6) is 0. The van der Waals surface area contributed by atoms with E-state index in [0.29, 0.717) is 5.41 Å². The summed E-state index contributed by atoms with van der Waals surface area (Å²) in [6.45, 7) is 8.76. The van der Waals surface area contributed by atoms with E-state index in [1.165, 1.54) is 6.42 Å². The Hall–Kier alpha value is 0.740. The Morgan fingerprint density at radius 2 is 1.78 bits per heavy atom. The van der Waals surface area contributed by atoms with E-state index in [4.69, 9.17) is 0 Å². The molecule has 0 radical (unpaired) electrons. The minimum atomic E-state index is 0. The molecule has 0 aromatic rings. The zero-order valence-corrected chi connectivity index (χ0v) is 6.36. The van der Waals surface area contributed by atoms with Crippen molar-refractivity contribution in [2.24, 2.45) is 5.41 Å². The van der Waals surface area contributed by atoms with Crippen LogP contribution >= 0.6 is 0 Å². The van der Waals surface area contributed by atoms with Crippen molar-refractivity contribution in [2.45, 2.75) is 34.1 Å². The molecule has 0 unspecified atom stereocenters. The Labute approximate surface area is 81.0 Å². The van der Waals surface area contributed by atoms with Gasteiger partial charge in [0.05, 0.1) is 0 Å². The van der Waals surface area contributed by atoms with Crippen LogP contribution in [0, 0.1) is 5.41 Å². The maximum atomic E-state index is 2.24. The second kappa shape index (κ2) is 5.52. The fraction of sp³-hybridized carbons (Fsp3) is 0.750. The van der Waals surface area contributed by atoms with Crippen LogP contribution in [0.5, 0.6) is 0 Å². The molecule has 0 N–H and O–H groups in total. The zero-order valence-electron chi connectivity index (χ0n) is 6.36. The van der Waals surface area contributed by atoms with Gasteiger partial charge in [-0.3, -0.25) is 0 Å². The quantitative estimate of drug-likeness (QED) is 0.404. The van der Waals surface area contributed by atoms with Gasteiger partial charge in [0.2, 0.25) is 0 Å². The summed E-state index contributed by atoms with van der Waals surface area (Å²) >= 11 is 0. The van der Waals surface area contributed by atoms with Crippen LogP contribution in [-0.2, 0) is 0 Å². The van der Waals surface area contributed by atoms with Crippen LogP contribution in [0.1, 0.15) is 34.1 Å². The molecule has 0 nitrogen and oxygen atoms in total. The molecule has 0 saturated carbocycles. The average Bonchev–Trinajstić information content (AvgIpc) is 1.67. The van der Waals surface area contributed by atoms with E-state index in [2.05, 4.69) is 39.8 Å². The van der Waals surface area contributed by atoms with Crippen molar-refractivity contribution in [1.82, 2.24) is 0 Å². The predicted octanol–water partition coefficient (Wildman–Crippen LogP) is 2.35. The fourth-order valence-electron chi connectivity index (χ4n) is 0.569. The molecule has 0 saturated heterocycles. The Morgan fingerprint density at radius 3 is 1.89 bits per heavy atom. The molecule has 0 heterocycles. The van der Waals surface area contributed by atoms with Crippen LogP contribution in [0.3, 0.4) is 0 Å². The average molecular weight is 136 g/mol. The summed E-state index contributed by atoms with van der Waals surface area (Å²) in [7, 11) is 0. The van der Waals surface area contributed by atoms with Crippen LogP contribution in [0.4, 0.5) is 0 Å². The van der Waals surface area contributed by atoms with Crippen LogP contribution in [0.25, 0.3) is 0 Å².